The monoisotopic (exact) mass is 572 g/mol. The number of hydrogen-bond acceptors (Lipinski definition) is 8. The van der Waals surface area contributed by atoms with Crippen molar-refractivity contribution in [2.45, 2.75) is 58.2 Å². The molecule has 0 spiro atoms. The van der Waals surface area contributed by atoms with Crippen LogP contribution in [-0.2, 0) is 29.1 Å². The Morgan fingerprint density at radius 2 is 1.78 bits per heavy atom. The fraction of sp³-hybridized carbons (Fsp3) is 0.385. The first-order chi connectivity index (χ1) is 19.4. The normalized spacial score (nSPS) is 17.4. The van der Waals surface area contributed by atoms with Crippen molar-refractivity contribution in [1.82, 2.24) is 39.4 Å². The number of Topliss-reactive ketones (excluding diaryl/α,β-unsaturated/α-hetero) is 2. The molecule has 1 saturated heterocycles. The molecule has 2 atom stereocenters. The van der Waals surface area contributed by atoms with E-state index >= 15 is 0 Å². The molecule has 1 amide bonds. The number of benzene rings is 1. The Balaban J connectivity index is 1.36. The minimum atomic E-state index is -4.51. The predicted molar refractivity (Wildman–Crippen MR) is 135 cm³/mol. The molecule has 4 aromatic rings. The topological polar surface area (TPSA) is 129 Å². The van der Waals surface area contributed by atoms with Crippen molar-refractivity contribution in [3.63, 3.8) is 0 Å². The van der Waals surface area contributed by atoms with Gasteiger partial charge in [-0.05, 0) is 24.6 Å². The van der Waals surface area contributed by atoms with Crippen molar-refractivity contribution in [1.29, 1.82) is 0 Å². The Hall–Kier alpha value is -4.56. The van der Waals surface area contributed by atoms with E-state index < -0.39 is 43.0 Å². The van der Waals surface area contributed by atoms with E-state index in [4.69, 9.17) is 0 Å². The minimum Gasteiger partial charge on any atom is -0.328 e. The van der Waals surface area contributed by atoms with Crippen molar-refractivity contribution in [3.05, 3.63) is 54.3 Å². The molecule has 0 bridgehead atoms. The number of nitrogens with zero attached hydrogens (tertiary/aromatic N) is 8. The van der Waals surface area contributed by atoms with E-state index in [0.29, 0.717) is 21.4 Å². The molecule has 4 heterocycles. The smallest absolute Gasteiger partial charge is 0.328 e. The van der Waals surface area contributed by atoms with Crippen LogP contribution in [0.15, 0.2) is 36.9 Å². The van der Waals surface area contributed by atoms with E-state index in [0.717, 1.165) is 22.4 Å². The zero-order valence-electron chi connectivity index (χ0n) is 22.0. The van der Waals surface area contributed by atoms with Crippen molar-refractivity contribution < 1.29 is 31.9 Å². The summed E-state index contributed by atoms with van der Waals surface area (Å²) in [7, 11) is 0. The van der Waals surface area contributed by atoms with Crippen LogP contribution in [0.3, 0.4) is 0 Å². The van der Waals surface area contributed by atoms with Crippen LogP contribution in [0.2, 0.25) is 0 Å². The van der Waals surface area contributed by atoms with Gasteiger partial charge in [-0.15, -0.1) is 0 Å². The summed E-state index contributed by atoms with van der Waals surface area (Å²) in [5.74, 6) is -1.08. The molecule has 1 fully saturated rings. The Morgan fingerprint density at radius 1 is 1.05 bits per heavy atom. The number of fused-ring (bicyclic) bond motifs is 1. The fourth-order valence-corrected chi connectivity index (χ4v) is 4.81. The van der Waals surface area contributed by atoms with Crippen molar-refractivity contribution in [2.24, 2.45) is 0 Å². The molecule has 0 radical (unpaired) electrons. The quantitative estimate of drug-likeness (QED) is 0.233. The van der Waals surface area contributed by atoms with Crippen LogP contribution < -0.4 is 0 Å². The van der Waals surface area contributed by atoms with Crippen LogP contribution in [0.1, 0.15) is 35.5 Å². The van der Waals surface area contributed by atoms with Gasteiger partial charge in [-0.2, -0.15) is 23.4 Å². The Labute approximate surface area is 230 Å². The van der Waals surface area contributed by atoms with E-state index in [-0.39, 0.29) is 36.8 Å². The fourth-order valence-electron chi connectivity index (χ4n) is 4.81. The van der Waals surface area contributed by atoms with Gasteiger partial charge in [0.2, 0.25) is 5.91 Å². The van der Waals surface area contributed by atoms with Crippen LogP contribution in [0, 0.1) is 6.92 Å². The average Bonchev–Trinajstić information content (AvgIpc) is 3.60. The lowest BCUT2D eigenvalue weighted by Gasteiger charge is -2.23. The predicted octanol–water partition coefficient (Wildman–Crippen LogP) is 2.91. The molecule has 0 N–H and O–H groups in total. The maximum atomic E-state index is 14.4. The summed E-state index contributed by atoms with van der Waals surface area (Å²) in [6.07, 6.45) is -2.53. The maximum absolute atomic E-state index is 14.4. The molecule has 1 aromatic carbocycles. The summed E-state index contributed by atoms with van der Waals surface area (Å²) >= 11 is 0. The molecule has 15 heteroatoms. The number of rotatable bonds is 8. The molecule has 1 aliphatic rings. The number of ketones is 2. The van der Waals surface area contributed by atoms with Gasteiger partial charge in [0.1, 0.15) is 37.1 Å². The second-order valence-corrected chi connectivity index (χ2v) is 9.82. The standard InChI is InChI=1S/C26H24F4N8O3/c1-14(39)25-19-5-16(17-8-31-15(2)32-9-17)3-4-20(19)38(35-25)11-24(41)37-10-18(27)6-21(37)22(40)7-23-33-13-36(34-23)12-26(28,29)30/h3-5,8-9,13,18,21H,6-7,10-12H2,1-2H3/t18-,21+/m1/s1. The van der Waals surface area contributed by atoms with Gasteiger partial charge in [-0.25, -0.2) is 24.0 Å². The highest BCUT2D eigenvalue weighted by molar-refractivity contribution is 6.06. The van der Waals surface area contributed by atoms with Gasteiger partial charge in [-0.1, -0.05) is 6.07 Å². The van der Waals surface area contributed by atoms with Gasteiger partial charge < -0.3 is 4.90 Å². The number of likely N-dealkylation sites (tertiary alicyclic amines) is 1. The lowest BCUT2D eigenvalue weighted by atomic mass is 10.0. The minimum absolute atomic E-state index is 0.139. The largest absolute Gasteiger partial charge is 0.408 e. The summed E-state index contributed by atoms with van der Waals surface area (Å²) in [5.41, 5.74) is 2.09. The maximum Gasteiger partial charge on any atom is 0.408 e. The zero-order valence-corrected chi connectivity index (χ0v) is 22.0. The second kappa shape index (κ2) is 10.8. The molecule has 214 valence electrons. The third-order valence-corrected chi connectivity index (χ3v) is 6.68. The number of carbonyl (C=O) groups is 3. The highest BCUT2D eigenvalue weighted by Gasteiger charge is 2.40. The third kappa shape index (κ3) is 6.12. The van der Waals surface area contributed by atoms with Crippen LogP contribution in [0.4, 0.5) is 17.6 Å². The third-order valence-electron chi connectivity index (χ3n) is 6.68. The number of halogens is 4. The summed E-state index contributed by atoms with van der Waals surface area (Å²) in [6.45, 7) is 1.04. The lowest BCUT2D eigenvalue weighted by Crippen LogP contribution is -2.43. The molecule has 11 nitrogen and oxygen atoms in total. The van der Waals surface area contributed by atoms with Gasteiger partial charge in [-0.3, -0.25) is 19.1 Å². The molecule has 1 aliphatic heterocycles. The molecular weight excluding hydrogens is 548 g/mol. The molecular formula is C26H24F4N8O3. The number of aromatic nitrogens is 7. The van der Waals surface area contributed by atoms with E-state index in [9.17, 15) is 31.9 Å². The summed E-state index contributed by atoms with van der Waals surface area (Å²) in [4.78, 5) is 51.9. The highest BCUT2D eigenvalue weighted by Crippen LogP contribution is 2.28. The van der Waals surface area contributed by atoms with E-state index in [1.165, 1.54) is 11.6 Å². The SMILES string of the molecule is CC(=O)c1nn(CC(=O)N2C[C@H](F)C[C@H]2C(=O)Cc2ncn(CC(F)(F)F)n2)c2ccc(-c3cnc(C)nc3)cc12. The Morgan fingerprint density at radius 3 is 2.46 bits per heavy atom. The molecule has 0 unspecified atom stereocenters. The van der Waals surface area contributed by atoms with Gasteiger partial charge in [0.05, 0.1) is 24.5 Å². The van der Waals surface area contributed by atoms with E-state index in [2.05, 4.69) is 25.1 Å². The molecule has 3 aromatic heterocycles. The summed E-state index contributed by atoms with van der Waals surface area (Å²) in [5, 5.41) is 8.50. The number of alkyl halides is 4. The van der Waals surface area contributed by atoms with Crippen LogP contribution in [0.25, 0.3) is 22.0 Å². The van der Waals surface area contributed by atoms with Gasteiger partial charge in [0.25, 0.3) is 0 Å². The zero-order chi connectivity index (χ0) is 29.5. The van der Waals surface area contributed by atoms with Gasteiger partial charge in [0.15, 0.2) is 17.4 Å². The van der Waals surface area contributed by atoms with Crippen LogP contribution in [0.5, 0.6) is 0 Å². The second-order valence-electron chi connectivity index (χ2n) is 9.82. The molecule has 0 aliphatic carbocycles. The van der Waals surface area contributed by atoms with Crippen LogP contribution >= 0.6 is 0 Å². The number of hydrogen-bond donors (Lipinski definition) is 0. The number of carbonyl (C=O) groups excluding carboxylic acids is 3. The van der Waals surface area contributed by atoms with Gasteiger partial charge >= 0.3 is 6.18 Å². The van der Waals surface area contributed by atoms with Crippen molar-refractivity contribution >= 4 is 28.4 Å². The van der Waals surface area contributed by atoms with Gasteiger partial charge in [0, 0.05) is 36.7 Å². The number of amides is 1. The Bertz CT molecular complexity index is 1630. The highest BCUT2D eigenvalue weighted by atomic mass is 19.4. The van der Waals surface area contributed by atoms with Crippen LogP contribution in [-0.4, -0.2) is 81.8 Å². The lowest BCUT2D eigenvalue weighted by molar-refractivity contribution is -0.142. The summed E-state index contributed by atoms with van der Waals surface area (Å²) < 4.78 is 54.1. The average molecular weight is 573 g/mol. The first-order valence-corrected chi connectivity index (χ1v) is 12.6. The van der Waals surface area contributed by atoms with Crippen molar-refractivity contribution in [3.8, 4) is 11.1 Å². The first kappa shape index (κ1) is 28.0. The van der Waals surface area contributed by atoms with Crippen molar-refractivity contribution in [2.75, 3.05) is 6.54 Å². The molecule has 0 saturated carbocycles. The van der Waals surface area contributed by atoms with E-state index in [1.54, 1.807) is 37.5 Å². The molecule has 5 rings (SSSR count). The van der Waals surface area contributed by atoms with E-state index in [1.807, 2.05) is 0 Å². The Kier molecular flexibility index (Phi) is 7.36. The molecule has 41 heavy (non-hydrogen) atoms. The summed E-state index contributed by atoms with van der Waals surface area (Å²) in [6, 6.07) is 4.08. The number of aryl methyl sites for hydroxylation is 1. The first-order valence-electron chi connectivity index (χ1n) is 12.6.